The van der Waals surface area contributed by atoms with Gasteiger partial charge in [-0.3, -0.25) is 4.79 Å². The highest BCUT2D eigenvalue weighted by Gasteiger charge is 2.14. The number of halogens is 1. The van der Waals surface area contributed by atoms with Gasteiger partial charge in [0.1, 0.15) is 5.75 Å². The Balaban J connectivity index is 3.92. The number of alkyl halides is 1. The fourth-order valence-corrected chi connectivity index (χ4v) is 1.93. The molecule has 0 aromatic rings. The van der Waals surface area contributed by atoms with Crippen molar-refractivity contribution in [1.82, 2.24) is 0 Å². The van der Waals surface area contributed by atoms with Crippen molar-refractivity contribution >= 4 is 27.4 Å². The first kappa shape index (κ1) is 10.7. The van der Waals surface area contributed by atoms with Crippen molar-refractivity contribution in [3.63, 3.8) is 0 Å². The molecule has 0 radical (unpaired) electrons. The number of carbonyl (C=O) groups is 1. The summed E-state index contributed by atoms with van der Waals surface area (Å²) < 4.78 is 21.5. The van der Waals surface area contributed by atoms with E-state index < -0.39 is 21.6 Å². The first-order valence-corrected chi connectivity index (χ1v) is 5.32. The average Bonchev–Trinajstić information content (AvgIpc) is 1.81. The topological polar surface area (TPSA) is 71.4 Å². The Morgan fingerprint density at radius 1 is 1.45 bits per heavy atom. The van der Waals surface area contributed by atoms with Crippen LogP contribution in [0.3, 0.4) is 0 Å². The van der Waals surface area contributed by atoms with Gasteiger partial charge in [-0.1, -0.05) is 0 Å². The van der Waals surface area contributed by atoms with Crippen LogP contribution in [0.15, 0.2) is 0 Å². The molecule has 1 N–H and O–H groups in total. The van der Waals surface area contributed by atoms with Crippen LogP contribution >= 0.6 is 11.6 Å². The summed E-state index contributed by atoms with van der Waals surface area (Å²) in [6.45, 7) is 0. The van der Waals surface area contributed by atoms with Gasteiger partial charge in [0.05, 0.1) is 5.75 Å². The first-order valence-electron chi connectivity index (χ1n) is 2.96. The van der Waals surface area contributed by atoms with Crippen LogP contribution in [0, 0.1) is 0 Å². The summed E-state index contributed by atoms with van der Waals surface area (Å²) in [5.74, 6) is -2.04. The quantitative estimate of drug-likeness (QED) is 0.640. The molecule has 0 saturated heterocycles. The van der Waals surface area contributed by atoms with Crippen molar-refractivity contribution in [2.45, 2.75) is 6.42 Å². The van der Waals surface area contributed by atoms with E-state index in [1.807, 2.05) is 0 Å². The molecular formula is C5H9ClO4S. The number of hydrogen-bond acceptors (Lipinski definition) is 3. The maximum absolute atomic E-state index is 10.8. The molecule has 4 nitrogen and oxygen atoms in total. The summed E-state index contributed by atoms with van der Waals surface area (Å²) in [5, 5.41) is 8.14. The first-order chi connectivity index (χ1) is 4.98. The Hall–Kier alpha value is -0.290. The zero-order valence-electron chi connectivity index (χ0n) is 5.79. The van der Waals surface area contributed by atoms with Crippen LogP contribution in [-0.2, 0) is 14.6 Å². The number of aliphatic carboxylic acids is 1. The van der Waals surface area contributed by atoms with Gasteiger partial charge in [-0.05, 0) is 6.42 Å². The molecule has 0 spiro atoms. The molecule has 0 rings (SSSR count). The molecule has 0 atom stereocenters. The minimum Gasteiger partial charge on any atom is -0.480 e. The highest BCUT2D eigenvalue weighted by Crippen LogP contribution is 1.95. The Labute approximate surface area is 70.1 Å². The van der Waals surface area contributed by atoms with Crippen LogP contribution in [0.5, 0.6) is 0 Å². The molecular weight excluding hydrogens is 192 g/mol. The van der Waals surface area contributed by atoms with E-state index in [0.29, 0.717) is 6.42 Å². The molecule has 0 bridgehead atoms. The molecule has 0 saturated carbocycles. The van der Waals surface area contributed by atoms with Crippen molar-refractivity contribution in [2.24, 2.45) is 0 Å². The maximum atomic E-state index is 10.8. The minimum absolute atomic E-state index is 0.150. The zero-order valence-corrected chi connectivity index (χ0v) is 7.36. The van der Waals surface area contributed by atoms with Crippen molar-refractivity contribution in [2.75, 3.05) is 17.4 Å². The number of hydrogen-bond donors (Lipinski definition) is 1. The normalized spacial score (nSPS) is 11.4. The second-order valence-corrected chi connectivity index (χ2v) is 4.59. The van der Waals surface area contributed by atoms with Crippen LogP contribution in [-0.4, -0.2) is 36.9 Å². The van der Waals surface area contributed by atoms with E-state index in [4.69, 9.17) is 16.7 Å². The number of sulfone groups is 1. The third kappa shape index (κ3) is 6.12. The maximum Gasteiger partial charge on any atom is 0.318 e. The van der Waals surface area contributed by atoms with Gasteiger partial charge in [0.25, 0.3) is 0 Å². The van der Waals surface area contributed by atoms with E-state index in [1.54, 1.807) is 0 Å². The van der Waals surface area contributed by atoms with Crippen LogP contribution in [0.1, 0.15) is 6.42 Å². The van der Waals surface area contributed by atoms with Gasteiger partial charge in [0.15, 0.2) is 9.84 Å². The van der Waals surface area contributed by atoms with Crippen LogP contribution in [0.25, 0.3) is 0 Å². The summed E-state index contributed by atoms with van der Waals surface area (Å²) in [4.78, 5) is 9.97. The van der Waals surface area contributed by atoms with E-state index in [-0.39, 0.29) is 11.6 Å². The van der Waals surface area contributed by atoms with Crippen molar-refractivity contribution in [3.05, 3.63) is 0 Å². The highest BCUT2D eigenvalue weighted by molar-refractivity contribution is 7.92. The molecule has 0 aliphatic carbocycles. The van der Waals surface area contributed by atoms with E-state index >= 15 is 0 Å². The highest BCUT2D eigenvalue weighted by atomic mass is 35.5. The molecule has 0 aromatic carbocycles. The smallest absolute Gasteiger partial charge is 0.318 e. The molecule has 0 aromatic heterocycles. The summed E-state index contributed by atoms with van der Waals surface area (Å²) >= 11 is 5.23. The fraction of sp³-hybridized carbons (Fsp3) is 0.800. The van der Waals surface area contributed by atoms with Crippen molar-refractivity contribution in [3.8, 4) is 0 Å². The Bertz CT molecular complexity index is 221. The van der Waals surface area contributed by atoms with E-state index in [2.05, 4.69) is 0 Å². The Morgan fingerprint density at radius 2 is 2.00 bits per heavy atom. The summed E-state index contributed by atoms with van der Waals surface area (Å²) in [6, 6.07) is 0. The number of rotatable bonds is 5. The lowest BCUT2D eigenvalue weighted by Gasteiger charge is -1.97. The van der Waals surface area contributed by atoms with Crippen molar-refractivity contribution in [1.29, 1.82) is 0 Å². The predicted molar refractivity (Wildman–Crippen MR) is 41.6 cm³/mol. The predicted octanol–water partition coefficient (Wildman–Crippen LogP) is 0.115. The van der Waals surface area contributed by atoms with Gasteiger partial charge in [0.2, 0.25) is 0 Å². The van der Waals surface area contributed by atoms with Gasteiger partial charge < -0.3 is 5.11 Å². The molecule has 0 heterocycles. The zero-order chi connectivity index (χ0) is 8.91. The molecule has 0 amide bonds. The van der Waals surface area contributed by atoms with Crippen LogP contribution < -0.4 is 0 Å². The second kappa shape index (κ2) is 4.56. The standard InChI is InChI=1S/C5H9ClO4S/c6-2-1-3-11(9,10)4-5(7)8/h1-4H2,(H,7,8). The van der Waals surface area contributed by atoms with Gasteiger partial charge >= 0.3 is 5.97 Å². The Kier molecular flexibility index (Phi) is 4.44. The number of carboxylic acids is 1. The minimum atomic E-state index is -3.43. The summed E-state index contributed by atoms with van der Waals surface area (Å²) in [6.07, 6.45) is 0.303. The summed E-state index contributed by atoms with van der Waals surface area (Å²) in [7, 11) is -3.43. The number of carboxylic acid groups (broad SMARTS) is 1. The summed E-state index contributed by atoms with van der Waals surface area (Å²) in [5.41, 5.74) is 0. The Morgan fingerprint density at radius 3 is 2.36 bits per heavy atom. The van der Waals surface area contributed by atoms with Crippen LogP contribution in [0.2, 0.25) is 0 Å². The third-order valence-electron chi connectivity index (χ3n) is 0.932. The van der Waals surface area contributed by atoms with Gasteiger partial charge in [-0.25, -0.2) is 8.42 Å². The molecule has 11 heavy (non-hydrogen) atoms. The molecule has 0 unspecified atom stereocenters. The van der Waals surface area contributed by atoms with E-state index in [1.165, 1.54) is 0 Å². The lowest BCUT2D eigenvalue weighted by molar-refractivity contribution is -0.134. The molecule has 0 aliphatic rings. The largest absolute Gasteiger partial charge is 0.480 e. The SMILES string of the molecule is O=C(O)CS(=O)(=O)CCCCl. The van der Waals surface area contributed by atoms with E-state index in [0.717, 1.165) is 0 Å². The lowest BCUT2D eigenvalue weighted by Crippen LogP contribution is -2.18. The molecule has 6 heteroatoms. The van der Waals surface area contributed by atoms with Gasteiger partial charge in [-0.2, -0.15) is 0 Å². The van der Waals surface area contributed by atoms with Crippen LogP contribution in [0.4, 0.5) is 0 Å². The fourth-order valence-electron chi connectivity index (χ4n) is 0.535. The molecule has 66 valence electrons. The third-order valence-corrected chi connectivity index (χ3v) is 2.80. The molecule has 0 fully saturated rings. The average molecular weight is 201 g/mol. The molecule has 0 aliphatic heterocycles. The second-order valence-electron chi connectivity index (χ2n) is 2.03. The van der Waals surface area contributed by atoms with Gasteiger partial charge in [0, 0.05) is 5.88 Å². The monoisotopic (exact) mass is 200 g/mol. The lowest BCUT2D eigenvalue weighted by atomic mass is 10.6. The van der Waals surface area contributed by atoms with Gasteiger partial charge in [-0.15, -0.1) is 11.6 Å². The van der Waals surface area contributed by atoms with E-state index in [9.17, 15) is 13.2 Å². The van der Waals surface area contributed by atoms with Crippen molar-refractivity contribution < 1.29 is 18.3 Å².